The lowest BCUT2D eigenvalue weighted by Gasteiger charge is -2.32. The van der Waals surface area contributed by atoms with Gasteiger partial charge in [0, 0.05) is 12.2 Å². The molecule has 1 aromatic rings. The Hall–Kier alpha value is -1.35. The van der Waals surface area contributed by atoms with Gasteiger partial charge in [0.1, 0.15) is 0 Å². The number of para-hydroxylation sites is 1. The van der Waals surface area contributed by atoms with Crippen LogP contribution in [0.1, 0.15) is 30.9 Å². The zero-order valence-corrected chi connectivity index (χ0v) is 10.6. The molecule has 92 valence electrons. The van der Waals surface area contributed by atoms with E-state index in [0.717, 1.165) is 25.1 Å². The fraction of sp³-hybridized carbons (Fsp3) is 0.500. The Morgan fingerprint density at radius 3 is 3.00 bits per heavy atom. The van der Waals surface area contributed by atoms with Gasteiger partial charge in [0.15, 0.2) is 0 Å². The van der Waals surface area contributed by atoms with Crippen molar-refractivity contribution in [1.29, 1.82) is 0 Å². The van der Waals surface area contributed by atoms with Crippen LogP contribution in [0.2, 0.25) is 0 Å². The maximum absolute atomic E-state index is 12.2. The van der Waals surface area contributed by atoms with Crippen molar-refractivity contribution in [2.75, 3.05) is 11.4 Å². The molecule has 0 spiro atoms. The third kappa shape index (κ3) is 2.20. The van der Waals surface area contributed by atoms with E-state index in [0.29, 0.717) is 6.42 Å². The molecule has 0 bridgehead atoms. The number of carbonyl (C=O) groups excluding carboxylic acids is 1. The zero-order valence-electron chi connectivity index (χ0n) is 10.6. The second kappa shape index (κ2) is 4.88. The van der Waals surface area contributed by atoms with Gasteiger partial charge in [0.25, 0.3) is 0 Å². The predicted octanol–water partition coefficient (Wildman–Crippen LogP) is 2.01. The predicted molar refractivity (Wildman–Crippen MR) is 70.1 cm³/mol. The Balaban J connectivity index is 2.37. The van der Waals surface area contributed by atoms with Crippen LogP contribution in [-0.4, -0.2) is 18.5 Å². The lowest BCUT2D eigenvalue weighted by molar-refractivity contribution is -0.120. The van der Waals surface area contributed by atoms with E-state index in [2.05, 4.69) is 25.1 Å². The van der Waals surface area contributed by atoms with Gasteiger partial charge < -0.3 is 10.6 Å². The maximum Gasteiger partial charge on any atom is 0.243 e. The summed E-state index contributed by atoms with van der Waals surface area (Å²) >= 11 is 0. The molecule has 1 atom stereocenters. The molecule has 2 N–H and O–H groups in total. The van der Waals surface area contributed by atoms with E-state index >= 15 is 0 Å². The molecule has 0 aromatic heterocycles. The van der Waals surface area contributed by atoms with Gasteiger partial charge in [-0.2, -0.15) is 0 Å². The fourth-order valence-electron chi connectivity index (χ4n) is 2.44. The van der Waals surface area contributed by atoms with Crippen molar-refractivity contribution >= 4 is 11.6 Å². The number of fused-ring (bicyclic) bond motifs is 1. The summed E-state index contributed by atoms with van der Waals surface area (Å²) in [4.78, 5) is 14.1. The van der Waals surface area contributed by atoms with Crippen molar-refractivity contribution in [2.24, 2.45) is 5.73 Å². The van der Waals surface area contributed by atoms with Crippen LogP contribution in [0.25, 0.3) is 0 Å². The molecule has 3 nitrogen and oxygen atoms in total. The van der Waals surface area contributed by atoms with E-state index in [1.165, 1.54) is 11.1 Å². The fourth-order valence-corrected chi connectivity index (χ4v) is 2.44. The van der Waals surface area contributed by atoms with Crippen LogP contribution in [0.3, 0.4) is 0 Å². The average Bonchev–Trinajstić information content (AvgIpc) is 2.36. The van der Waals surface area contributed by atoms with Crippen LogP contribution in [-0.2, 0) is 11.2 Å². The molecule has 0 radical (unpaired) electrons. The van der Waals surface area contributed by atoms with Crippen molar-refractivity contribution < 1.29 is 4.79 Å². The second-order valence-electron chi connectivity index (χ2n) is 4.69. The van der Waals surface area contributed by atoms with Gasteiger partial charge in [-0.15, -0.1) is 0 Å². The third-order valence-corrected chi connectivity index (χ3v) is 3.44. The smallest absolute Gasteiger partial charge is 0.243 e. The summed E-state index contributed by atoms with van der Waals surface area (Å²) in [7, 11) is 0. The highest BCUT2D eigenvalue weighted by atomic mass is 16.2. The number of nitrogens with zero attached hydrogens (tertiary/aromatic N) is 1. The first-order valence-corrected chi connectivity index (χ1v) is 6.30. The average molecular weight is 232 g/mol. The molecule has 3 heteroatoms. The van der Waals surface area contributed by atoms with E-state index in [-0.39, 0.29) is 11.9 Å². The number of rotatable bonds is 2. The number of benzene rings is 1. The standard InChI is InChI=1S/C14H20N2O/c1-3-12(15)14(17)16-9-5-8-11-7-4-6-10(2)13(11)16/h4,6-7,12H,3,5,8-9,15H2,1-2H3/t12-/m0/s1. The first-order valence-electron chi connectivity index (χ1n) is 6.30. The van der Waals surface area contributed by atoms with Crippen LogP contribution in [0, 0.1) is 6.92 Å². The molecule has 0 fully saturated rings. The van der Waals surface area contributed by atoms with Crippen LogP contribution < -0.4 is 10.6 Å². The molecule has 0 unspecified atom stereocenters. The van der Waals surface area contributed by atoms with Crippen LogP contribution in [0.4, 0.5) is 5.69 Å². The molecule has 1 aliphatic rings. The summed E-state index contributed by atoms with van der Waals surface area (Å²) in [6.07, 6.45) is 2.78. The number of hydrogen-bond donors (Lipinski definition) is 1. The minimum atomic E-state index is -0.374. The molecule has 2 rings (SSSR count). The minimum absolute atomic E-state index is 0.0581. The normalized spacial score (nSPS) is 16.5. The van der Waals surface area contributed by atoms with Gasteiger partial charge in [0.2, 0.25) is 5.91 Å². The van der Waals surface area contributed by atoms with Crippen LogP contribution >= 0.6 is 0 Å². The number of hydrogen-bond acceptors (Lipinski definition) is 2. The zero-order chi connectivity index (χ0) is 12.4. The Bertz CT molecular complexity index is 428. The Morgan fingerprint density at radius 1 is 1.53 bits per heavy atom. The number of carbonyl (C=O) groups is 1. The summed E-state index contributed by atoms with van der Waals surface area (Å²) < 4.78 is 0. The Kier molecular flexibility index (Phi) is 3.48. The van der Waals surface area contributed by atoms with Gasteiger partial charge in [-0.05, 0) is 37.3 Å². The van der Waals surface area contributed by atoms with Crippen molar-refractivity contribution in [3.63, 3.8) is 0 Å². The number of amides is 1. The van der Waals surface area contributed by atoms with E-state index in [4.69, 9.17) is 5.73 Å². The molecule has 1 aromatic carbocycles. The lowest BCUT2D eigenvalue weighted by Crippen LogP contribution is -2.46. The van der Waals surface area contributed by atoms with Crippen molar-refractivity contribution in [3.05, 3.63) is 29.3 Å². The molecule has 17 heavy (non-hydrogen) atoms. The molecular weight excluding hydrogens is 212 g/mol. The maximum atomic E-state index is 12.2. The summed E-state index contributed by atoms with van der Waals surface area (Å²) in [6, 6.07) is 5.85. The summed E-state index contributed by atoms with van der Waals surface area (Å²) in [5.74, 6) is 0.0581. The largest absolute Gasteiger partial charge is 0.320 e. The molecule has 0 aliphatic carbocycles. The number of anilines is 1. The van der Waals surface area contributed by atoms with Gasteiger partial charge in [0.05, 0.1) is 6.04 Å². The van der Waals surface area contributed by atoms with E-state index in [9.17, 15) is 4.79 Å². The van der Waals surface area contributed by atoms with E-state index in [1.807, 2.05) is 11.8 Å². The summed E-state index contributed by atoms with van der Waals surface area (Å²) in [5.41, 5.74) is 9.39. The summed E-state index contributed by atoms with van der Waals surface area (Å²) in [6.45, 7) is 4.80. The molecule has 0 saturated heterocycles. The molecule has 1 aliphatic heterocycles. The highest BCUT2D eigenvalue weighted by Gasteiger charge is 2.26. The summed E-state index contributed by atoms with van der Waals surface area (Å²) in [5, 5.41) is 0. The SMILES string of the molecule is CC[C@H](N)C(=O)N1CCCc2cccc(C)c21. The minimum Gasteiger partial charge on any atom is -0.320 e. The van der Waals surface area contributed by atoms with Crippen molar-refractivity contribution in [3.8, 4) is 0 Å². The molecule has 1 heterocycles. The molecule has 0 saturated carbocycles. The van der Waals surface area contributed by atoms with E-state index < -0.39 is 0 Å². The number of aryl methyl sites for hydroxylation is 2. The molecular formula is C14H20N2O. The van der Waals surface area contributed by atoms with Gasteiger partial charge >= 0.3 is 0 Å². The van der Waals surface area contributed by atoms with Crippen LogP contribution in [0.5, 0.6) is 0 Å². The van der Waals surface area contributed by atoms with Crippen molar-refractivity contribution in [2.45, 2.75) is 39.2 Å². The lowest BCUT2D eigenvalue weighted by atomic mass is 9.97. The highest BCUT2D eigenvalue weighted by Crippen LogP contribution is 2.30. The number of nitrogens with two attached hydrogens (primary N) is 1. The van der Waals surface area contributed by atoms with E-state index in [1.54, 1.807) is 0 Å². The quantitative estimate of drug-likeness (QED) is 0.848. The Morgan fingerprint density at radius 2 is 2.29 bits per heavy atom. The second-order valence-corrected chi connectivity index (χ2v) is 4.69. The first-order chi connectivity index (χ1) is 8.15. The van der Waals surface area contributed by atoms with Gasteiger partial charge in [-0.1, -0.05) is 25.1 Å². The third-order valence-electron chi connectivity index (χ3n) is 3.44. The first kappa shape index (κ1) is 12.1. The van der Waals surface area contributed by atoms with Crippen LogP contribution in [0.15, 0.2) is 18.2 Å². The van der Waals surface area contributed by atoms with Crippen molar-refractivity contribution in [1.82, 2.24) is 0 Å². The Labute approximate surface area is 103 Å². The van der Waals surface area contributed by atoms with Gasteiger partial charge in [-0.3, -0.25) is 4.79 Å². The molecule has 1 amide bonds. The van der Waals surface area contributed by atoms with Gasteiger partial charge in [-0.25, -0.2) is 0 Å². The topological polar surface area (TPSA) is 46.3 Å². The highest BCUT2D eigenvalue weighted by molar-refractivity contribution is 5.98. The monoisotopic (exact) mass is 232 g/mol.